The minimum absolute atomic E-state index is 0.305. The van der Waals surface area contributed by atoms with E-state index in [2.05, 4.69) is 0 Å². The van der Waals surface area contributed by atoms with Gasteiger partial charge in [-0.3, -0.25) is 9.59 Å². The number of carboxylic acid groups (broad SMARTS) is 1. The van der Waals surface area contributed by atoms with Gasteiger partial charge in [0.05, 0.1) is 17.8 Å². The minimum Gasteiger partial charge on any atom is -0.478 e. The van der Waals surface area contributed by atoms with Gasteiger partial charge in [-0.1, -0.05) is 35.9 Å². The summed E-state index contributed by atoms with van der Waals surface area (Å²) in [7, 11) is 0. The Labute approximate surface area is 138 Å². The fourth-order valence-electron chi connectivity index (χ4n) is 2.62. The number of amides is 1. The van der Waals surface area contributed by atoms with Gasteiger partial charge in [0.2, 0.25) is 0 Å². The Hall–Kier alpha value is -3.21. The molecule has 1 heterocycles. The van der Waals surface area contributed by atoms with E-state index in [0.717, 1.165) is 17.2 Å². The molecule has 0 saturated carbocycles. The molecule has 1 aliphatic heterocycles. The Balaban J connectivity index is 1.92. The third kappa shape index (κ3) is 2.96. The second-order valence-corrected chi connectivity index (χ2v) is 5.65. The summed E-state index contributed by atoms with van der Waals surface area (Å²) in [5.74, 6) is -2.20. The van der Waals surface area contributed by atoms with Crippen LogP contribution in [0, 0.1) is 6.92 Å². The van der Waals surface area contributed by atoms with Crippen LogP contribution in [0.25, 0.3) is 6.08 Å². The van der Waals surface area contributed by atoms with Crippen molar-refractivity contribution in [3.63, 3.8) is 0 Å². The zero-order chi connectivity index (χ0) is 17.3. The van der Waals surface area contributed by atoms with Crippen LogP contribution >= 0.6 is 0 Å². The lowest BCUT2D eigenvalue weighted by atomic mass is 10.1. The molecule has 0 unspecified atom stereocenters. The first-order valence-electron chi connectivity index (χ1n) is 7.42. The van der Waals surface area contributed by atoms with Gasteiger partial charge >= 0.3 is 5.97 Å². The monoisotopic (exact) mass is 321 g/mol. The number of Topliss-reactive ketones (excluding diaryl/α,β-unsaturated/α-hetero) is 1. The third-order valence-electron chi connectivity index (χ3n) is 3.88. The number of carbonyl (C=O) groups excluding carboxylic acids is 2. The molecule has 0 fully saturated rings. The number of hydrogen-bond donors (Lipinski definition) is 1. The first-order chi connectivity index (χ1) is 11.5. The molecular weight excluding hydrogens is 306 g/mol. The van der Waals surface area contributed by atoms with Gasteiger partial charge in [-0.05, 0) is 36.3 Å². The normalized spacial score (nSPS) is 13.6. The highest BCUT2D eigenvalue weighted by Gasteiger charge is 2.35. The Morgan fingerprint density at radius 3 is 2.50 bits per heavy atom. The standard InChI is InChI=1S/C19H15NO4/c1-12-2-4-14(5-3-12)11-20-16-8-6-13(7-9-17(21)22)10-15(16)18(23)19(20)24/h2-10H,11H2,1H3,(H,21,22)/b9-7+. The van der Waals surface area contributed by atoms with Gasteiger partial charge in [-0.25, -0.2) is 4.79 Å². The molecule has 0 saturated heterocycles. The van der Waals surface area contributed by atoms with E-state index in [9.17, 15) is 14.4 Å². The number of nitrogens with zero attached hydrogens (tertiary/aromatic N) is 1. The second kappa shape index (κ2) is 6.12. The number of rotatable bonds is 4. The van der Waals surface area contributed by atoms with Crippen molar-refractivity contribution in [2.75, 3.05) is 4.90 Å². The summed E-state index contributed by atoms with van der Waals surface area (Å²) in [6.07, 6.45) is 2.38. The fraction of sp³-hybridized carbons (Fsp3) is 0.105. The van der Waals surface area contributed by atoms with Crippen LogP contribution in [0.3, 0.4) is 0 Å². The van der Waals surface area contributed by atoms with Gasteiger partial charge in [-0.2, -0.15) is 0 Å². The van der Waals surface area contributed by atoms with Crippen molar-refractivity contribution in [3.05, 3.63) is 70.8 Å². The van der Waals surface area contributed by atoms with E-state index in [1.54, 1.807) is 18.2 Å². The number of carboxylic acids is 1. The smallest absolute Gasteiger partial charge is 0.328 e. The molecule has 1 aliphatic rings. The van der Waals surface area contributed by atoms with Crippen molar-refractivity contribution in [1.82, 2.24) is 0 Å². The molecule has 0 aromatic heterocycles. The first kappa shape index (κ1) is 15.7. The van der Waals surface area contributed by atoms with Crippen molar-refractivity contribution < 1.29 is 19.5 Å². The van der Waals surface area contributed by atoms with Crippen LogP contribution < -0.4 is 4.90 Å². The number of ketones is 1. The highest BCUT2D eigenvalue weighted by Crippen LogP contribution is 2.31. The summed E-state index contributed by atoms with van der Waals surface area (Å²) in [6, 6.07) is 12.7. The molecule has 2 aromatic rings. The summed E-state index contributed by atoms with van der Waals surface area (Å²) < 4.78 is 0. The van der Waals surface area contributed by atoms with Gasteiger partial charge < -0.3 is 10.0 Å². The van der Waals surface area contributed by atoms with Gasteiger partial charge in [0, 0.05) is 6.08 Å². The summed E-state index contributed by atoms with van der Waals surface area (Å²) in [6.45, 7) is 2.30. The lowest BCUT2D eigenvalue weighted by Crippen LogP contribution is -2.29. The molecule has 0 bridgehead atoms. The maximum Gasteiger partial charge on any atom is 0.328 e. The molecule has 0 radical (unpaired) electrons. The van der Waals surface area contributed by atoms with E-state index in [1.165, 1.54) is 11.0 Å². The van der Waals surface area contributed by atoms with E-state index in [4.69, 9.17) is 5.11 Å². The summed E-state index contributed by atoms with van der Waals surface area (Å²) in [4.78, 5) is 36.5. The predicted molar refractivity (Wildman–Crippen MR) is 89.8 cm³/mol. The number of aliphatic carboxylic acids is 1. The SMILES string of the molecule is Cc1ccc(CN2C(=O)C(=O)c3cc(/C=C/C(=O)O)ccc32)cc1. The summed E-state index contributed by atoms with van der Waals surface area (Å²) in [5.41, 5.74) is 3.48. The molecule has 120 valence electrons. The molecule has 0 spiro atoms. The largest absolute Gasteiger partial charge is 0.478 e. The maximum absolute atomic E-state index is 12.3. The zero-order valence-electron chi connectivity index (χ0n) is 13.0. The summed E-state index contributed by atoms with van der Waals surface area (Å²) >= 11 is 0. The molecule has 1 N–H and O–H groups in total. The van der Waals surface area contributed by atoms with Crippen molar-refractivity contribution in [2.24, 2.45) is 0 Å². The average Bonchev–Trinajstić information content (AvgIpc) is 2.80. The van der Waals surface area contributed by atoms with Crippen molar-refractivity contribution >= 4 is 29.4 Å². The van der Waals surface area contributed by atoms with Gasteiger partial charge in [0.1, 0.15) is 0 Å². The van der Waals surface area contributed by atoms with E-state index >= 15 is 0 Å². The van der Waals surface area contributed by atoms with Crippen LogP contribution in [0.4, 0.5) is 5.69 Å². The quantitative estimate of drug-likeness (QED) is 0.694. The molecule has 0 aliphatic carbocycles. The minimum atomic E-state index is -1.07. The molecule has 24 heavy (non-hydrogen) atoms. The van der Waals surface area contributed by atoms with Crippen molar-refractivity contribution in [1.29, 1.82) is 0 Å². The fourth-order valence-corrected chi connectivity index (χ4v) is 2.62. The Kier molecular flexibility index (Phi) is 4.00. The predicted octanol–water partition coefficient (Wildman–Crippen LogP) is 2.82. The molecular formula is C19H15NO4. The Morgan fingerprint density at radius 2 is 1.83 bits per heavy atom. The average molecular weight is 321 g/mol. The lowest BCUT2D eigenvalue weighted by molar-refractivity contribution is -0.131. The second-order valence-electron chi connectivity index (χ2n) is 5.65. The molecule has 1 amide bonds. The first-order valence-corrected chi connectivity index (χ1v) is 7.42. The molecule has 2 aromatic carbocycles. The Bertz CT molecular complexity index is 865. The maximum atomic E-state index is 12.3. The number of carbonyl (C=O) groups is 3. The van der Waals surface area contributed by atoms with E-state index in [0.29, 0.717) is 23.4 Å². The molecule has 5 nitrogen and oxygen atoms in total. The van der Waals surface area contributed by atoms with Crippen LogP contribution in [0.5, 0.6) is 0 Å². The van der Waals surface area contributed by atoms with Crippen molar-refractivity contribution in [2.45, 2.75) is 13.5 Å². The highest BCUT2D eigenvalue weighted by molar-refractivity contribution is 6.52. The van der Waals surface area contributed by atoms with Crippen LogP contribution in [-0.4, -0.2) is 22.8 Å². The molecule has 0 atom stereocenters. The Morgan fingerprint density at radius 1 is 1.12 bits per heavy atom. The number of benzene rings is 2. The molecule has 3 rings (SSSR count). The lowest BCUT2D eigenvalue weighted by Gasteiger charge is -2.16. The van der Waals surface area contributed by atoms with E-state index < -0.39 is 17.7 Å². The topological polar surface area (TPSA) is 74.7 Å². The number of anilines is 1. The highest BCUT2D eigenvalue weighted by atomic mass is 16.4. The third-order valence-corrected chi connectivity index (χ3v) is 3.88. The van der Waals surface area contributed by atoms with E-state index in [-0.39, 0.29) is 0 Å². The van der Waals surface area contributed by atoms with Crippen LogP contribution in [-0.2, 0) is 16.1 Å². The van der Waals surface area contributed by atoms with Gasteiger partial charge in [-0.15, -0.1) is 0 Å². The van der Waals surface area contributed by atoms with Gasteiger partial charge in [0.15, 0.2) is 0 Å². The number of hydrogen-bond acceptors (Lipinski definition) is 3. The zero-order valence-corrected chi connectivity index (χ0v) is 13.0. The number of fused-ring (bicyclic) bond motifs is 1. The van der Waals surface area contributed by atoms with Crippen LogP contribution in [0.15, 0.2) is 48.5 Å². The van der Waals surface area contributed by atoms with Crippen molar-refractivity contribution in [3.8, 4) is 0 Å². The van der Waals surface area contributed by atoms with Crippen LogP contribution in [0.2, 0.25) is 0 Å². The van der Waals surface area contributed by atoms with Gasteiger partial charge in [0.25, 0.3) is 11.7 Å². The van der Waals surface area contributed by atoms with Crippen LogP contribution in [0.1, 0.15) is 27.0 Å². The summed E-state index contributed by atoms with van der Waals surface area (Å²) in [5, 5.41) is 8.67. The number of aryl methyl sites for hydroxylation is 1. The van der Waals surface area contributed by atoms with E-state index in [1.807, 2.05) is 31.2 Å². The molecule has 5 heteroatoms.